The summed E-state index contributed by atoms with van der Waals surface area (Å²) in [4.78, 5) is 12.7. The third kappa shape index (κ3) is 2.93. The van der Waals surface area contributed by atoms with Gasteiger partial charge in [-0.05, 0) is 24.0 Å². The number of carbonyl (C=O) groups is 1. The molecule has 0 spiro atoms. The van der Waals surface area contributed by atoms with Crippen molar-refractivity contribution in [3.63, 3.8) is 0 Å². The summed E-state index contributed by atoms with van der Waals surface area (Å²) in [6.45, 7) is 8.44. The van der Waals surface area contributed by atoms with Crippen molar-refractivity contribution in [3.8, 4) is 0 Å². The van der Waals surface area contributed by atoms with Gasteiger partial charge in [0, 0.05) is 11.1 Å². The Hall–Kier alpha value is -1.89. The predicted octanol–water partition coefficient (Wildman–Crippen LogP) is 4.52. The van der Waals surface area contributed by atoms with E-state index < -0.39 is 0 Å². The van der Waals surface area contributed by atoms with E-state index in [-0.39, 0.29) is 11.2 Å². The molecule has 0 amide bonds. The van der Waals surface area contributed by atoms with Crippen LogP contribution in [-0.4, -0.2) is 5.78 Å². The summed E-state index contributed by atoms with van der Waals surface area (Å²) >= 11 is 0. The molecule has 98 valence electrons. The number of aryl methyl sites for hydroxylation is 1. The molecule has 0 atom stereocenters. The van der Waals surface area contributed by atoms with Gasteiger partial charge in [-0.15, -0.1) is 0 Å². The molecule has 0 saturated carbocycles. The lowest BCUT2D eigenvalue weighted by Gasteiger charge is -2.22. The molecule has 0 aliphatic rings. The summed E-state index contributed by atoms with van der Waals surface area (Å²) in [5.74, 6) is 0.106. The first-order valence-corrected chi connectivity index (χ1v) is 6.60. The van der Waals surface area contributed by atoms with E-state index in [0.717, 1.165) is 22.3 Å². The second kappa shape index (κ2) is 5.00. The minimum atomic E-state index is -0.0343. The number of ketones is 1. The Morgan fingerprint density at radius 3 is 2.16 bits per heavy atom. The molecule has 19 heavy (non-hydrogen) atoms. The van der Waals surface area contributed by atoms with Gasteiger partial charge in [-0.1, -0.05) is 68.8 Å². The average Bonchev–Trinajstić information content (AvgIpc) is 2.37. The van der Waals surface area contributed by atoms with Crippen molar-refractivity contribution in [3.05, 3.63) is 70.8 Å². The van der Waals surface area contributed by atoms with E-state index in [4.69, 9.17) is 0 Å². The SMILES string of the molecule is Cc1ccc(C(C)(C)C)c(C(=O)c2ccccc2)c1. The second-order valence-electron chi connectivity index (χ2n) is 5.99. The first kappa shape index (κ1) is 13.5. The van der Waals surface area contributed by atoms with Crippen molar-refractivity contribution in [1.29, 1.82) is 0 Å². The number of rotatable bonds is 2. The van der Waals surface area contributed by atoms with E-state index in [1.165, 1.54) is 0 Å². The van der Waals surface area contributed by atoms with Crippen LogP contribution in [0.3, 0.4) is 0 Å². The van der Waals surface area contributed by atoms with Crippen LogP contribution in [-0.2, 0) is 5.41 Å². The minimum Gasteiger partial charge on any atom is -0.289 e. The topological polar surface area (TPSA) is 17.1 Å². The maximum absolute atomic E-state index is 12.7. The fourth-order valence-corrected chi connectivity index (χ4v) is 2.24. The van der Waals surface area contributed by atoms with E-state index in [9.17, 15) is 4.79 Å². The fourth-order valence-electron chi connectivity index (χ4n) is 2.24. The molecule has 2 rings (SSSR count). The van der Waals surface area contributed by atoms with E-state index in [2.05, 4.69) is 32.9 Å². The lowest BCUT2D eigenvalue weighted by Crippen LogP contribution is -2.17. The number of hydrogen-bond acceptors (Lipinski definition) is 1. The zero-order valence-corrected chi connectivity index (χ0v) is 12.0. The van der Waals surface area contributed by atoms with Crippen molar-refractivity contribution in [1.82, 2.24) is 0 Å². The average molecular weight is 252 g/mol. The maximum atomic E-state index is 12.7. The second-order valence-corrected chi connectivity index (χ2v) is 5.99. The molecule has 0 aromatic heterocycles. The number of carbonyl (C=O) groups excluding carboxylic acids is 1. The lowest BCUT2D eigenvalue weighted by atomic mass is 9.81. The summed E-state index contributed by atoms with van der Waals surface area (Å²) in [6, 6.07) is 15.6. The van der Waals surface area contributed by atoms with Crippen LogP contribution in [0.2, 0.25) is 0 Å². The molecule has 0 aliphatic carbocycles. The molecule has 2 aromatic rings. The smallest absolute Gasteiger partial charge is 0.193 e. The summed E-state index contributed by atoms with van der Waals surface area (Å²) in [6.07, 6.45) is 0. The quantitative estimate of drug-likeness (QED) is 0.718. The zero-order chi connectivity index (χ0) is 14.0. The van der Waals surface area contributed by atoms with Crippen molar-refractivity contribution in [2.45, 2.75) is 33.1 Å². The van der Waals surface area contributed by atoms with Crippen LogP contribution >= 0.6 is 0 Å². The minimum absolute atomic E-state index is 0.0343. The molecule has 0 bridgehead atoms. The summed E-state index contributed by atoms with van der Waals surface area (Å²) in [5.41, 5.74) is 3.75. The van der Waals surface area contributed by atoms with Gasteiger partial charge in [-0.3, -0.25) is 4.79 Å². The van der Waals surface area contributed by atoms with Gasteiger partial charge < -0.3 is 0 Å². The summed E-state index contributed by atoms with van der Waals surface area (Å²) in [7, 11) is 0. The van der Waals surface area contributed by atoms with Crippen LogP contribution in [0.15, 0.2) is 48.5 Å². The van der Waals surface area contributed by atoms with Gasteiger partial charge in [0.2, 0.25) is 0 Å². The first-order valence-electron chi connectivity index (χ1n) is 6.60. The lowest BCUT2D eigenvalue weighted by molar-refractivity contribution is 0.103. The molecule has 1 heteroatoms. The van der Waals surface area contributed by atoms with E-state index in [0.29, 0.717) is 0 Å². The van der Waals surface area contributed by atoms with Gasteiger partial charge in [-0.2, -0.15) is 0 Å². The molecule has 0 fully saturated rings. The Kier molecular flexibility index (Phi) is 3.57. The van der Waals surface area contributed by atoms with Gasteiger partial charge in [0.25, 0.3) is 0 Å². The highest BCUT2D eigenvalue weighted by Gasteiger charge is 2.22. The van der Waals surface area contributed by atoms with Gasteiger partial charge in [-0.25, -0.2) is 0 Å². The van der Waals surface area contributed by atoms with Crippen molar-refractivity contribution < 1.29 is 4.79 Å². The molecule has 2 aromatic carbocycles. The van der Waals surface area contributed by atoms with Crippen molar-refractivity contribution in [2.24, 2.45) is 0 Å². The third-order valence-electron chi connectivity index (χ3n) is 3.26. The molecule has 0 saturated heterocycles. The Morgan fingerprint density at radius 2 is 1.58 bits per heavy atom. The zero-order valence-electron chi connectivity index (χ0n) is 12.0. The summed E-state index contributed by atoms with van der Waals surface area (Å²) < 4.78 is 0. The van der Waals surface area contributed by atoms with E-state index >= 15 is 0 Å². The highest BCUT2D eigenvalue weighted by molar-refractivity contribution is 6.10. The maximum Gasteiger partial charge on any atom is 0.193 e. The highest BCUT2D eigenvalue weighted by Crippen LogP contribution is 2.28. The molecule has 0 aliphatic heterocycles. The first-order chi connectivity index (χ1) is 8.89. The monoisotopic (exact) mass is 252 g/mol. The van der Waals surface area contributed by atoms with Crippen LogP contribution in [0.4, 0.5) is 0 Å². The highest BCUT2D eigenvalue weighted by atomic mass is 16.1. The predicted molar refractivity (Wildman–Crippen MR) is 79.8 cm³/mol. The molecule has 0 heterocycles. The van der Waals surface area contributed by atoms with Gasteiger partial charge in [0.15, 0.2) is 5.78 Å². The van der Waals surface area contributed by atoms with Crippen LogP contribution in [0, 0.1) is 6.92 Å². The van der Waals surface area contributed by atoms with Gasteiger partial charge in [0.05, 0.1) is 0 Å². The van der Waals surface area contributed by atoms with Gasteiger partial charge >= 0.3 is 0 Å². The van der Waals surface area contributed by atoms with Crippen molar-refractivity contribution in [2.75, 3.05) is 0 Å². The Morgan fingerprint density at radius 1 is 0.947 bits per heavy atom. The summed E-state index contributed by atoms with van der Waals surface area (Å²) in [5, 5.41) is 0. The third-order valence-corrected chi connectivity index (χ3v) is 3.26. The molecular weight excluding hydrogens is 232 g/mol. The molecule has 0 unspecified atom stereocenters. The van der Waals surface area contributed by atoms with Crippen LogP contribution in [0.25, 0.3) is 0 Å². The molecular formula is C18H20O. The van der Waals surface area contributed by atoms with Crippen LogP contribution in [0.1, 0.15) is 47.8 Å². The normalized spacial score (nSPS) is 11.4. The Labute approximate surface area is 115 Å². The van der Waals surface area contributed by atoms with Crippen molar-refractivity contribution >= 4 is 5.78 Å². The molecule has 1 nitrogen and oxygen atoms in total. The standard InChI is InChI=1S/C18H20O/c1-13-10-11-16(18(2,3)4)15(12-13)17(19)14-8-6-5-7-9-14/h5-12H,1-4H3. The Bertz CT molecular complexity index is 589. The molecule has 0 radical (unpaired) electrons. The van der Waals surface area contributed by atoms with Crippen LogP contribution < -0.4 is 0 Å². The fraction of sp³-hybridized carbons (Fsp3) is 0.278. The number of hydrogen-bond donors (Lipinski definition) is 0. The number of benzene rings is 2. The van der Waals surface area contributed by atoms with Crippen LogP contribution in [0.5, 0.6) is 0 Å². The van der Waals surface area contributed by atoms with E-state index in [1.807, 2.05) is 43.3 Å². The Balaban J connectivity index is 2.56. The molecule has 0 N–H and O–H groups in total. The van der Waals surface area contributed by atoms with Gasteiger partial charge in [0.1, 0.15) is 0 Å². The largest absolute Gasteiger partial charge is 0.289 e. The van der Waals surface area contributed by atoms with E-state index in [1.54, 1.807) is 0 Å².